The van der Waals surface area contributed by atoms with Crippen molar-refractivity contribution in [1.29, 1.82) is 0 Å². The Morgan fingerprint density at radius 1 is 1.15 bits per heavy atom. The molecular formula is C26H30N2O4S. The number of carbonyl (C=O) groups is 2. The van der Waals surface area contributed by atoms with Gasteiger partial charge in [0.1, 0.15) is 0 Å². The SMILES string of the molecule is C=C(C)N(C(=O)c1ccc(NC(=O)C2=CC=CC=C3CCCS(=O)(=O)C=C32)cc1)C(C)CC. The summed E-state index contributed by atoms with van der Waals surface area (Å²) in [6.45, 7) is 9.71. The van der Waals surface area contributed by atoms with Gasteiger partial charge in [0.05, 0.1) is 5.75 Å². The molecule has 0 aromatic heterocycles. The Morgan fingerprint density at radius 3 is 2.45 bits per heavy atom. The van der Waals surface area contributed by atoms with Crippen LogP contribution in [0.5, 0.6) is 0 Å². The lowest BCUT2D eigenvalue weighted by Gasteiger charge is -2.28. The molecule has 3 rings (SSSR count). The molecule has 0 bridgehead atoms. The first-order valence-electron chi connectivity index (χ1n) is 11.1. The second-order valence-electron chi connectivity index (χ2n) is 8.36. The number of nitrogens with zero attached hydrogens (tertiary/aromatic N) is 1. The minimum atomic E-state index is -3.39. The first kappa shape index (κ1) is 24.5. The van der Waals surface area contributed by atoms with Gasteiger partial charge in [0, 0.05) is 39.5 Å². The lowest BCUT2D eigenvalue weighted by molar-refractivity contribution is -0.112. The molecule has 174 valence electrons. The van der Waals surface area contributed by atoms with Crippen molar-refractivity contribution >= 4 is 27.3 Å². The largest absolute Gasteiger partial charge is 0.322 e. The number of fused-ring (bicyclic) bond motifs is 1. The minimum Gasteiger partial charge on any atom is -0.322 e. The molecular weight excluding hydrogens is 436 g/mol. The molecule has 2 amide bonds. The molecule has 0 saturated carbocycles. The molecule has 6 nitrogen and oxygen atoms in total. The second kappa shape index (κ2) is 10.2. The number of hydrogen-bond acceptors (Lipinski definition) is 4. The highest BCUT2D eigenvalue weighted by atomic mass is 32.2. The van der Waals surface area contributed by atoms with E-state index < -0.39 is 15.7 Å². The summed E-state index contributed by atoms with van der Waals surface area (Å²) < 4.78 is 24.6. The summed E-state index contributed by atoms with van der Waals surface area (Å²) in [5.41, 5.74) is 3.25. The van der Waals surface area contributed by atoms with Crippen LogP contribution in [0.15, 0.2) is 83.0 Å². The summed E-state index contributed by atoms with van der Waals surface area (Å²) in [6, 6.07) is 6.69. The monoisotopic (exact) mass is 466 g/mol. The maximum atomic E-state index is 13.1. The van der Waals surface area contributed by atoms with E-state index in [0.717, 1.165) is 12.0 Å². The van der Waals surface area contributed by atoms with Gasteiger partial charge in [0.25, 0.3) is 11.8 Å². The molecule has 7 heteroatoms. The van der Waals surface area contributed by atoms with Gasteiger partial charge in [-0.1, -0.05) is 31.7 Å². The highest BCUT2D eigenvalue weighted by Gasteiger charge is 2.25. The van der Waals surface area contributed by atoms with Crippen LogP contribution in [0.3, 0.4) is 0 Å². The summed E-state index contributed by atoms with van der Waals surface area (Å²) >= 11 is 0. The van der Waals surface area contributed by atoms with Crippen LogP contribution in [-0.2, 0) is 14.6 Å². The third-order valence-corrected chi connectivity index (χ3v) is 7.23. The van der Waals surface area contributed by atoms with E-state index in [2.05, 4.69) is 11.9 Å². The van der Waals surface area contributed by atoms with Crippen LogP contribution in [0, 0.1) is 0 Å². The highest BCUT2D eigenvalue weighted by molar-refractivity contribution is 7.94. The number of benzene rings is 1. The van der Waals surface area contributed by atoms with Gasteiger partial charge in [-0.2, -0.15) is 0 Å². The zero-order valence-corrected chi connectivity index (χ0v) is 20.1. The molecule has 0 radical (unpaired) electrons. The number of hydrogen-bond donors (Lipinski definition) is 1. The highest BCUT2D eigenvalue weighted by Crippen LogP contribution is 2.31. The van der Waals surface area contributed by atoms with Crippen molar-refractivity contribution in [3.05, 3.63) is 88.5 Å². The summed E-state index contributed by atoms with van der Waals surface area (Å²) in [4.78, 5) is 27.7. The van der Waals surface area contributed by atoms with E-state index >= 15 is 0 Å². The smallest absolute Gasteiger partial charge is 0.258 e. The number of sulfone groups is 1. The van der Waals surface area contributed by atoms with Gasteiger partial charge in [-0.3, -0.25) is 9.59 Å². The van der Waals surface area contributed by atoms with Gasteiger partial charge in [0.2, 0.25) is 0 Å². The summed E-state index contributed by atoms with van der Waals surface area (Å²) in [5.74, 6) is -0.479. The Hall–Kier alpha value is -3.19. The standard InChI is InChI=1S/C26H30N2O4S/c1-5-19(4)28(18(2)3)26(30)21-12-14-22(15-13-21)27-25(29)23-11-7-6-9-20-10-8-16-33(31,32)17-24(20)23/h6-7,9,11-15,17,19H,2,5,8,10,16H2,1,3-4H3,(H,27,29). The van der Waals surface area contributed by atoms with Crippen molar-refractivity contribution < 1.29 is 18.0 Å². The first-order valence-corrected chi connectivity index (χ1v) is 12.8. The fraction of sp³-hybridized carbons (Fsp3) is 0.308. The molecule has 2 aliphatic rings. The topological polar surface area (TPSA) is 83.6 Å². The third kappa shape index (κ3) is 5.79. The zero-order valence-electron chi connectivity index (χ0n) is 19.3. The molecule has 0 saturated heterocycles. The number of allylic oxidation sites excluding steroid dienone is 6. The number of rotatable bonds is 6. The van der Waals surface area contributed by atoms with Gasteiger partial charge in [-0.25, -0.2) is 8.42 Å². The summed E-state index contributed by atoms with van der Waals surface area (Å²) in [5, 5.41) is 4.04. The van der Waals surface area contributed by atoms with Crippen LogP contribution in [-0.4, -0.2) is 36.9 Å². The molecule has 1 aromatic carbocycles. The molecule has 1 atom stereocenters. The fourth-order valence-corrected chi connectivity index (χ4v) is 5.20. The quantitative estimate of drug-likeness (QED) is 0.645. The molecule has 1 unspecified atom stereocenters. The van der Waals surface area contributed by atoms with Crippen molar-refractivity contribution in [3.63, 3.8) is 0 Å². The summed E-state index contributed by atoms with van der Waals surface area (Å²) in [6.07, 6.45) is 8.93. The Labute approximate surface area is 196 Å². The minimum absolute atomic E-state index is 0.0241. The van der Waals surface area contributed by atoms with Gasteiger partial charge < -0.3 is 10.2 Å². The van der Waals surface area contributed by atoms with E-state index in [9.17, 15) is 18.0 Å². The maximum absolute atomic E-state index is 13.1. The molecule has 33 heavy (non-hydrogen) atoms. The normalized spacial score (nSPS) is 17.8. The first-order chi connectivity index (χ1) is 15.6. The van der Waals surface area contributed by atoms with Gasteiger partial charge in [-0.15, -0.1) is 0 Å². The van der Waals surface area contributed by atoms with Gasteiger partial charge >= 0.3 is 0 Å². The van der Waals surface area contributed by atoms with Crippen LogP contribution in [0.4, 0.5) is 5.69 Å². The zero-order chi connectivity index (χ0) is 24.2. The molecule has 1 heterocycles. The van der Waals surface area contributed by atoms with Crippen molar-refractivity contribution in [3.8, 4) is 0 Å². The van der Waals surface area contributed by atoms with E-state index in [-0.39, 0.29) is 17.7 Å². The average molecular weight is 467 g/mol. The lowest BCUT2D eigenvalue weighted by atomic mass is 9.96. The Bertz CT molecular complexity index is 1190. The summed E-state index contributed by atoms with van der Waals surface area (Å²) in [7, 11) is -3.39. The molecule has 0 spiro atoms. The van der Waals surface area contributed by atoms with Crippen molar-refractivity contribution in [2.45, 2.75) is 46.1 Å². The average Bonchev–Trinajstić information content (AvgIpc) is 3.04. The number of anilines is 1. The van der Waals surface area contributed by atoms with Gasteiger partial charge in [-0.05, 0) is 69.0 Å². The van der Waals surface area contributed by atoms with E-state index in [0.29, 0.717) is 40.9 Å². The van der Waals surface area contributed by atoms with E-state index in [4.69, 9.17) is 0 Å². The van der Waals surface area contributed by atoms with E-state index in [1.807, 2.05) is 26.0 Å². The van der Waals surface area contributed by atoms with Gasteiger partial charge in [0.15, 0.2) is 9.84 Å². The van der Waals surface area contributed by atoms with Crippen molar-refractivity contribution in [2.24, 2.45) is 0 Å². The number of amides is 2. The van der Waals surface area contributed by atoms with Crippen LogP contribution >= 0.6 is 0 Å². The number of carbonyl (C=O) groups excluding carboxylic acids is 2. The van der Waals surface area contributed by atoms with Crippen molar-refractivity contribution in [1.82, 2.24) is 4.90 Å². The van der Waals surface area contributed by atoms with E-state index in [1.165, 1.54) is 5.41 Å². The predicted molar refractivity (Wildman–Crippen MR) is 132 cm³/mol. The maximum Gasteiger partial charge on any atom is 0.258 e. The molecule has 0 fully saturated rings. The van der Waals surface area contributed by atoms with Crippen LogP contribution < -0.4 is 5.32 Å². The van der Waals surface area contributed by atoms with Crippen LogP contribution in [0.2, 0.25) is 0 Å². The van der Waals surface area contributed by atoms with Crippen molar-refractivity contribution in [2.75, 3.05) is 11.1 Å². The Balaban J connectivity index is 1.82. The van der Waals surface area contributed by atoms with Crippen LogP contribution in [0.1, 0.15) is 50.4 Å². The number of nitrogens with one attached hydrogen (secondary N) is 1. The lowest BCUT2D eigenvalue weighted by Crippen LogP contribution is -2.36. The molecule has 1 aliphatic carbocycles. The fourth-order valence-electron chi connectivity index (χ4n) is 3.90. The Morgan fingerprint density at radius 2 is 1.82 bits per heavy atom. The van der Waals surface area contributed by atoms with E-state index in [1.54, 1.807) is 48.2 Å². The Kier molecular flexibility index (Phi) is 7.53. The third-order valence-electron chi connectivity index (χ3n) is 5.78. The second-order valence-corrected chi connectivity index (χ2v) is 10.3. The molecule has 1 aromatic rings. The molecule has 1 aliphatic heterocycles. The molecule has 1 N–H and O–H groups in total. The van der Waals surface area contributed by atoms with Crippen LogP contribution in [0.25, 0.3) is 0 Å². The predicted octanol–water partition coefficient (Wildman–Crippen LogP) is 4.91.